The molecule has 0 amide bonds. The van der Waals surface area contributed by atoms with E-state index in [4.69, 9.17) is 4.42 Å². The molecular formula is C21H17N2O+. The van der Waals surface area contributed by atoms with E-state index < -0.39 is 0 Å². The molecule has 24 heavy (non-hydrogen) atoms. The predicted octanol–water partition coefficient (Wildman–Crippen LogP) is 4.49. The van der Waals surface area contributed by atoms with Crippen LogP contribution in [0.2, 0.25) is 0 Å². The molecule has 0 aliphatic rings. The second-order valence-corrected chi connectivity index (χ2v) is 5.74. The zero-order chi connectivity index (χ0) is 16.4. The summed E-state index contributed by atoms with van der Waals surface area (Å²) in [6.07, 6.45) is 8.31. The minimum absolute atomic E-state index is 0.654. The highest BCUT2D eigenvalue weighted by Crippen LogP contribution is 2.24. The van der Waals surface area contributed by atoms with Gasteiger partial charge in [0.15, 0.2) is 18.0 Å². The first-order valence-electron chi connectivity index (χ1n) is 7.87. The van der Waals surface area contributed by atoms with Crippen LogP contribution in [0.15, 0.2) is 77.5 Å². The Balaban J connectivity index is 1.58. The molecule has 0 aliphatic heterocycles. The zero-order valence-corrected chi connectivity index (χ0v) is 13.4. The third-order valence-electron chi connectivity index (χ3n) is 3.88. The summed E-state index contributed by atoms with van der Waals surface area (Å²) in [6.45, 7) is 0. The first-order valence-corrected chi connectivity index (χ1v) is 7.87. The third-order valence-corrected chi connectivity index (χ3v) is 3.88. The van der Waals surface area contributed by atoms with Gasteiger partial charge >= 0.3 is 0 Å². The Labute approximate surface area is 140 Å². The van der Waals surface area contributed by atoms with E-state index in [2.05, 4.69) is 41.5 Å². The maximum Gasteiger partial charge on any atom is 0.227 e. The summed E-state index contributed by atoms with van der Waals surface area (Å²) in [5.74, 6) is 0.654. The topological polar surface area (TPSA) is 29.9 Å². The SMILES string of the molecule is C[n+]1cccc(/C=C/c2ccc(-c3nc4ccccc4o3)cc2)c1. The van der Waals surface area contributed by atoms with Crippen molar-refractivity contribution in [3.8, 4) is 11.5 Å². The van der Waals surface area contributed by atoms with Crippen LogP contribution in [0.3, 0.4) is 0 Å². The molecule has 2 aromatic heterocycles. The molecule has 0 fully saturated rings. The quantitative estimate of drug-likeness (QED) is 0.522. The van der Waals surface area contributed by atoms with Gasteiger partial charge in [-0.05, 0) is 42.0 Å². The molecule has 116 valence electrons. The van der Waals surface area contributed by atoms with Gasteiger partial charge in [0.1, 0.15) is 12.6 Å². The third kappa shape index (κ3) is 2.97. The molecule has 0 saturated heterocycles. The van der Waals surface area contributed by atoms with E-state index in [1.165, 1.54) is 5.56 Å². The van der Waals surface area contributed by atoms with Gasteiger partial charge in [-0.3, -0.25) is 0 Å². The molecule has 0 spiro atoms. The molecule has 0 atom stereocenters. The van der Waals surface area contributed by atoms with Gasteiger partial charge in [0.2, 0.25) is 5.89 Å². The summed E-state index contributed by atoms with van der Waals surface area (Å²) in [6, 6.07) is 20.2. The number of pyridine rings is 1. The van der Waals surface area contributed by atoms with Crippen LogP contribution < -0.4 is 4.57 Å². The van der Waals surface area contributed by atoms with Crippen molar-refractivity contribution in [2.24, 2.45) is 7.05 Å². The lowest BCUT2D eigenvalue weighted by atomic mass is 10.1. The molecule has 2 aromatic carbocycles. The fourth-order valence-electron chi connectivity index (χ4n) is 2.63. The first kappa shape index (κ1) is 14.4. The summed E-state index contributed by atoms with van der Waals surface area (Å²) in [4.78, 5) is 4.53. The number of aromatic nitrogens is 2. The Bertz CT molecular complexity index is 980. The van der Waals surface area contributed by atoms with E-state index >= 15 is 0 Å². The van der Waals surface area contributed by atoms with Gasteiger partial charge in [-0.25, -0.2) is 9.55 Å². The van der Waals surface area contributed by atoms with Crippen LogP contribution in [0.25, 0.3) is 34.7 Å². The van der Waals surface area contributed by atoms with E-state index in [-0.39, 0.29) is 0 Å². The number of oxazole rings is 1. The highest BCUT2D eigenvalue weighted by Gasteiger charge is 2.07. The van der Waals surface area contributed by atoms with Gasteiger partial charge < -0.3 is 4.42 Å². The van der Waals surface area contributed by atoms with Gasteiger partial charge in [-0.15, -0.1) is 0 Å². The normalized spacial score (nSPS) is 11.4. The Morgan fingerprint density at radius 3 is 2.46 bits per heavy atom. The Kier molecular flexibility index (Phi) is 3.67. The van der Waals surface area contributed by atoms with Crippen molar-refractivity contribution in [1.29, 1.82) is 0 Å². The minimum Gasteiger partial charge on any atom is -0.436 e. The number of hydrogen-bond donors (Lipinski definition) is 0. The lowest BCUT2D eigenvalue weighted by Gasteiger charge is -1.97. The van der Waals surface area contributed by atoms with Crippen LogP contribution in [0.4, 0.5) is 0 Å². The van der Waals surface area contributed by atoms with E-state index in [9.17, 15) is 0 Å². The van der Waals surface area contributed by atoms with Crippen molar-refractivity contribution < 1.29 is 8.98 Å². The maximum absolute atomic E-state index is 5.80. The van der Waals surface area contributed by atoms with Crippen molar-refractivity contribution in [3.63, 3.8) is 0 Å². The molecule has 3 nitrogen and oxygen atoms in total. The van der Waals surface area contributed by atoms with Gasteiger partial charge in [-0.1, -0.05) is 30.3 Å². The van der Waals surface area contributed by atoms with Crippen LogP contribution in [0.1, 0.15) is 11.1 Å². The second-order valence-electron chi connectivity index (χ2n) is 5.74. The Hall–Kier alpha value is -3.20. The standard InChI is InChI=1S/C21H17N2O/c1-23-14-4-5-17(15-23)9-8-16-10-12-18(13-11-16)21-22-19-6-2-3-7-20(19)24-21/h2-15H,1H3/q+1/b9-8+. The smallest absolute Gasteiger partial charge is 0.227 e. The highest BCUT2D eigenvalue weighted by molar-refractivity contribution is 5.76. The number of fused-ring (bicyclic) bond motifs is 1. The molecule has 0 bridgehead atoms. The molecule has 4 aromatic rings. The number of hydrogen-bond acceptors (Lipinski definition) is 2. The van der Waals surface area contributed by atoms with E-state index in [1.54, 1.807) is 0 Å². The molecule has 3 heteroatoms. The van der Waals surface area contributed by atoms with Gasteiger partial charge in [0.25, 0.3) is 0 Å². The average molecular weight is 313 g/mol. The molecule has 0 saturated carbocycles. The molecule has 0 unspecified atom stereocenters. The highest BCUT2D eigenvalue weighted by atomic mass is 16.3. The number of nitrogens with zero attached hydrogens (tertiary/aromatic N) is 2. The number of para-hydroxylation sites is 2. The van der Waals surface area contributed by atoms with E-state index in [0.29, 0.717) is 5.89 Å². The second kappa shape index (κ2) is 6.13. The average Bonchev–Trinajstić information content (AvgIpc) is 3.05. The van der Waals surface area contributed by atoms with Crippen LogP contribution in [0.5, 0.6) is 0 Å². The van der Waals surface area contributed by atoms with Crippen molar-refractivity contribution in [1.82, 2.24) is 4.98 Å². The van der Waals surface area contributed by atoms with Crippen LogP contribution in [-0.4, -0.2) is 4.98 Å². The summed E-state index contributed by atoms with van der Waals surface area (Å²) < 4.78 is 7.84. The van der Waals surface area contributed by atoms with Crippen molar-refractivity contribution in [2.75, 3.05) is 0 Å². The summed E-state index contributed by atoms with van der Waals surface area (Å²) in [5.41, 5.74) is 4.99. The lowest BCUT2D eigenvalue weighted by Crippen LogP contribution is -2.26. The number of aryl methyl sites for hydroxylation is 1. The largest absolute Gasteiger partial charge is 0.436 e. The maximum atomic E-state index is 5.80. The summed E-state index contributed by atoms with van der Waals surface area (Å²) >= 11 is 0. The molecule has 0 radical (unpaired) electrons. The van der Waals surface area contributed by atoms with Gasteiger partial charge in [-0.2, -0.15) is 0 Å². The summed E-state index contributed by atoms with van der Waals surface area (Å²) in [5, 5.41) is 0. The number of benzene rings is 2. The minimum atomic E-state index is 0.654. The monoisotopic (exact) mass is 313 g/mol. The number of rotatable bonds is 3. The van der Waals surface area contributed by atoms with Gasteiger partial charge in [0, 0.05) is 17.2 Å². The van der Waals surface area contributed by atoms with Crippen LogP contribution >= 0.6 is 0 Å². The molecule has 0 N–H and O–H groups in total. The fourth-order valence-corrected chi connectivity index (χ4v) is 2.63. The first-order chi connectivity index (χ1) is 11.8. The molecule has 0 aliphatic carbocycles. The molecular weight excluding hydrogens is 296 g/mol. The van der Waals surface area contributed by atoms with Crippen LogP contribution in [0, 0.1) is 0 Å². The summed E-state index contributed by atoms with van der Waals surface area (Å²) in [7, 11) is 2.02. The predicted molar refractivity (Wildman–Crippen MR) is 96.0 cm³/mol. The fraction of sp³-hybridized carbons (Fsp3) is 0.0476. The van der Waals surface area contributed by atoms with E-state index in [0.717, 1.165) is 22.2 Å². The Morgan fingerprint density at radius 2 is 1.67 bits per heavy atom. The Morgan fingerprint density at radius 1 is 0.875 bits per heavy atom. The van der Waals surface area contributed by atoms with Crippen molar-refractivity contribution in [2.45, 2.75) is 0 Å². The molecule has 2 heterocycles. The molecule has 4 rings (SSSR count). The van der Waals surface area contributed by atoms with E-state index in [1.807, 2.05) is 60.3 Å². The van der Waals surface area contributed by atoms with Crippen LogP contribution in [-0.2, 0) is 7.05 Å². The van der Waals surface area contributed by atoms with Crippen molar-refractivity contribution >= 4 is 23.3 Å². The zero-order valence-electron chi connectivity index (χ0n) is 13.4. The lowest BCUT2D eigenvalue weighted by molar-refractivity contribution is -0.671. The van der Waals surface area contributed by atoms with Crippen molar-refractivity contribution in [3.05, 3.63) is 84.2 Å². The van der Waals surface area contributed by atoms with Gasteiger partial charge in [0.05, 0.1) is 0 Å².